The van der Waals surface area contributed by atoms with Crippen LogP contribution in [0.15, 0.2) is 24.3 Å². The molecule has 3 heteroatoms. The first-order valence-electron chi connectivity index (χ1n) is 8.32. The molecule has 0 amide bonds. The molecule has 1 saturated heterocycles. The predicted octanol–water partition coefficient (Wildman–Crippen LogP) is 2.84. The summed E-state index contributed by atoms with van der Waals surface area (Å²) in [6, 6.07) is 9.67. The van der Waals surface area contributed by atoms with Gasteiger partial charge in [0.25, 0.3) is 0 Å². The molecule has 3 nitrogen and oxygen atoms in total. The molecule has 2 rings (SSSR count). The molecule has 1 aromatic carbocycles. The third kappa shape index (κ3) is 5.77. The van der Waals surface area contributed by atoms with Crippen LogP contribution in [0.2, 0.25) is 0 Å². The number of benzene rings is 1. The molecule has 1 aliphatic rings. The summed E-state index contributed by atoms with van der Waals surface area (Å²) in [5.74, 6) is 0. The van der Waals surface area contributed by atoms with Crippen molar-refractivity contribution in [1.82, 2.24) is 10.2 Å². The summed E-state index contributed by atoms with van der Waals surface area (Å²) in [4.78, 5) is 2.51. The van der Waals surface area contributed by atoms with E-state index in [2.05, 4.69) is 55.3 Å². The first-order chi connectivity index (χ1) is 10.2. The molecular formula is C18H30N2O. The predicted molar refractivity (Wildman–Crippen MR) is 88.6 cm³/mol. The van der Waals surface area contributed by atoms with E-state index < -0.39 is 0 Å². The van der Waals surface area contributed by atoms with Gasteiger partial charge in [-0.05, 0) is 30.5 Å². The standard InChI is InChI=1S/C18H30N2O/c1-4-18-14-20(11-12-21-18)13-17-7-5-16(6-8-17)9-10-19-15(2)3/h5-8,15,18-19H,4,9-14H2,1-3H3. The molecule has 1 fully saturated rings. The van der Waals surface area contributed by atoms with E-state index in [4.69, 9.17) is 4.74 Å². The van der Waals surface area contributed by atoms with Crippen LogP contribution in [0.3, 0.4) is 0 Å². The molecule has 1 atom stereocenters. The van der Waals surface area contributed by atoms with Crippen molar-refractivity contribution in [3.8, 4) is 0 Å². The number of nitrogens with one attached hydrogen (secondary N) is 1. The van der Waals surface area contributed by atoms with E-state index in [1.807, 2.05) is 0 Å². The fourth-order valence-corrected chi connectivity index (χ4v) is 2.75. The summed E-state index contributed by atoms with van der Waals surface area (Å²) in [5, 5.41) is 3.46. The third-order valence-electron chi connectivity index (χ3n) is 4.07. The van der Waals surface area contributed by atoms with Gasteiger partial charge in [0.2, 0.25) is 0 Å². The summed E-state index contributed by atoms with van der Waals surface area (Å²) < 4.78 is 5.73. The molecule has 1 N–H and O–H groups in total. The van der Waals surface area contributed by atoms with Gasteiger partial charge < -0.3 is 10.1 Å². The second kappa shape index (κ2) is 8.52. The Labute approximate surface area is 129 Å². The van der Waals surface area contributed by atoms with Crippen LogP contribution >= 0.6 is 0 Å². The van der Waals surface area contributed by atoms with Crippen LogP contribution in [-0.2, 0) is 17.7 Å². The van der Waals surface area contributed by atoms with Gasteiger partial charge in [0.05, 0.1) is 12.7 Å². The zero-order chi connectivity index (χ0) is 15.1. The van der Waals surface area contributed by atoms with Crippen LogP contribution in [0.5, 0.6) is 0 Å². The lowest BCUT2D eigenvalue weighted by Crippen LogP contribution is -2.41. The molecule has 0 aromatic heterocycles. The molecular weight excluding hydrogens is 260 g/mol. The van der Waals surface area contributed by atoms with Gasteiger partial charge in [0.1, 0.15) is 0 Å². The molecule has 0 spiro atoms. The Morgan fingerprint density at radius 3 is 2.62 bits per heavy atom. The van der Waals surface area contributed by atoms with E-state index in [1.165, 1.54) is 11.1 Å². The maximum absolute atomic E-state index is 5.73. The molecule has 0 aliphatic carbocycles. The van der Waals surface area contributed by atoms with Crippen molar-refractivity contribution in [2.75, 3.05) is 26.2 Å². The number of hydrogen-bond acceptors (Lipinski definition) is 3. The Kier molecular flexibility index (Phi) is 6.68. The van der Waals surface area contributed by atoms with E-state index >= 15 is 0 Å². The molecule has 21 heavy (non-hydrogen) atoms. The molecule has 1 aliphatic heterocycles. The van der Waals surface area contributed by atoms with Crippen molar-refractivity contribution >= 4 is 0 Å². The summed E-state index contributed by atoms with van der Waals surface area (Å²) >= 11 is 0. The second-order valence-electron chi connectivity index (χ2n) is 6.31. The van der Waals surface area contributed by atoms with Crippen molar-refractivity contribution in [2.45, 2.75) is 52.3 Å². The van der Waals surface area contributed by atoms with Gasteiger partial charge in [-0.1, -0.05) is 45.0 Å². The number of ether oxygens (including phenoxy) is 1. The van der Waals surface area contributed by atoms with Gasteiger partial charge in [-0.15, -0.1) is 0 Å². The van der Waals surface area contributed by atoms with E-state index in [9.17, 15) is 0 Å². The molecule has 118 valence electrons. The zero-order valence-corrected chi connectivity index (χ0v) is 13.8. The van der Waals surface area contributed by atoms with Gasteiger partial charge in [0.15, 0.2) is 0 Å². The number of rotatable bonds is 7. The number of nitrogens with zero attached hydrogens (tertiary/aromatic N) is 1. The van der Waals surface area contributed by atoms with Crippen LogP contribution in [0.25, 0.3) is 0 Å². The van der Waals surface area contributed by atoms with Crippen molar-refractivity contribution in [3.05, 3.63) is 35.4 Å². The monoisotopic (exact) mass is 290 g/mol. The van der Waals surface area contributed by atoms with Gasteiger partial charge in [0, 0.05) is 25.7 Å². The minimum absolute atomic E-state index is 0.417. The smallest absolute Gasteiger partial charge is 0.0700 e. The topological polar surface area (TPSA) is 24.5 Å². The van der Waals surface area contributed by atoms with E-state index in [0.29, 0.717) is 12.1 Å². The highest BCUT2D eigenvalue weighted by molar-refractivity contribution is 5.22. The van der Waals surface area contributed by atoms with E-state index in [0.717, 1.165) is 45.6 Å². The van der Waals surface area contributed by atoms with Gasteiger partial charge in [-0.25, -0.2) is 0 Å². The Morgan fingerprint density at radius 2 is 1.95 bits per heavy atom. The van der Waals surface area contributed by atoms with Crippen LogP contribution < -0.4 is 5.32 Å². The van der Waals surface area contributed by atoms with E-state index in [1.54, 1.807) is 0 Å². The molecule has 1 aromatic rings. The average Bonchev–Trinajstić information content (AvgIpc) is 2.49. The fraction of sp³-hybridized carbons (Fsp3) is 0.667. The van der Waals surface area contributed by atoms with Crippen LogP contribution in [0.4, 0.5) is 0 Å². The van der Waals surface area contributed by atoms with Crippen LogP contribution in [0.1, 0.15) is 38.3 Å². The quantitative estimate of drug-likeness (QED) is 0.836. The van der Waals surface area contributed by atoms with Gasteiger partial charge >= 0.3 is 0 Å². The van der Waals surface area contributed by atoms with Gasteiger partial charge in [-0.2, -0.15) is 0 Å². The van der Waals surface area contributed by atoms with Crippen molar-refractivity contribution in [3.63, 3.8) is 0 Å². The first kappa shape index (κ1) is 16.5. The summed E-state index contributed by atoms with van der Waals surface area (Å²) in [6.45, 7) is 11.7. The average molecular weight is 290 g/mol. The van der Waals surface area contributed by atoms with Crippen molar-refractivity contribution < 1.29 is 4.74 Å². The highest BCUT2D eigenvalue weighted by Gasteiger charge is 2.18. The molecule has 1 unspecified atom stereocenters. The summed E-state index contributed by atoms with van der Waals surface area (Å²) in [6.07, 6.45) is 2.63. The SMILES string of the molecule is CCC1CN(Cc2ccc(CCNC(C)C)cc2)CCO1. The lowest BCUT2D eigenvalue weighted by atomic mass is 10.1. The van der Waals surface area contributed by atoms with Crippen molar-refractivity contribution in [2.24, 2.45) is 0 Å². The third-order valence-corrected chi connectivity index (χ3v) is 4.07. The molecule has 1 heterocycles. The molecule has 0 saturated carbocycles. The Morgan fingerprint density at radius 1 is 1.24 bits per heavy atom. The largest absolute Gasteiger partial charge is 0.376 e. The highest BCUT2D eigenvalue weighted by atomic mass is 16.5. The first-order valence-corrected chi connectivity index (χ1v) is 8.32. The number of morpholine rings is 1. The minimum Gasteiger partial charge on any atom is -0.376 e. The van der Waals surface area contributed by atoms with Crippen molar-refractivity contribution in [1.29, 1.82) is 0 Å². The van der Waals surface area contributed by atoms with Crippen LogP contribution in [0, 0.1) is 0 Å². The summed E-state index contributed by atoms with van der Waals surface area (Å²) in [5.41, 5.74) is 2.83. The fourth-order valence-electron chi connectivity index (χ4n) is 2.75. The van der Waals surface area contributed by atoms with E-state index in [-0.39, 0.29) is 0 Å². The number of hydrogen-bond donors (Lipinski definition) is 1. The summed E-state index contributed by atoms with van der Waals surface area (Å²) in [7, 11) is 0. The van der Waals surface area contributed by atoms with Crippen LogP contribution in [-0.4, -0.2) is 43.3 Å². The Bertz CT molecular complexity index is 402. The maximum atomic E-state index is 5.73. The second-order valence-corrected chi connectivity index (χ2v) is 6.31. The Balaban J connectivity index is 1.79. The minimum atomic E-state index is 0.417. The molecule has 0 radical (unpaired) electrons. The normalized spacial score (nSPS) is 20.1. The molecule has 0 bridgehead atoms. The Hall–Kier alpha value is -0.900. The lowest BCUT2D eigenvalue weighted by molar-refractivity contribution is -0.0324. The lowest BCUT2D eigenvalue weighted by Gasteiger charge is -2.32. The zero-order valence-electron chi connectivity index (χ0n) is 13.8. The highest BCUT2D eigenvalue weighted by Crippen LogP contribution is 2.13. The van der Waals surface area contributed by atoms with Gasteiger partial charge in [-0.3, -0.25) is 4.90 Å². The maximum Gasteiger partial charge on any atom is 0.0700 e.